The van der Waals surface area contributed by atoms with Gasteiger partial charge in [0.15, 0.2) is 0 Å². The van der Waals surface area contributed by atoms with Crippen LogP contribution in [0.5, 0.6) is 0 Å². The minimum atomic E-state index is 0.504. The first kappa shape index (κ1) is 14.0. The predicted octanol–water partition coefficient (Wildman–Crippen LogP) is 1.83. The molecule has 0 aliphatic carbocycles. The highest BCUT2D eigenvalue weighted by molar-refractivity contribution is 5.77. The maximum atomic E-state index is 9.38. The summed E-state index contributed by atoms with van der Waals surface area (Å²) in [5.41, 5.74) is 4.81. The van der Waals surface area contributed by atoms with Crippen molar-refractivity contribution in [1.29, 1.82) is 5.26 Å². The van der Waals surface area contributed by atoms with Gasteiger partial charge in [-0.05, 0) is 6.07 Å². The maximum absolute atomic E-state index is 9.38. The van der Waals surface area contributed by atoms with Crippen LogP contribution < -0.4 is 5.32 Å². The zero-order chi connectivity index (χ0) is 16.7. The first-order valence-electron chi connectivity index (χ1n) is 7.33. The second-order valence-electron chi connectivity index (χ2n) is 5.40. The second-order valence-corrected chi connectivity index (χ2v) is 5.40. The molecule has 4 aromatic heterocycles. The van der Waals surface area contributed by atoms with E-state index < -0.39 is 0 Å². The molecule has 8 nitrogen and oxygen atoms in total. The fraction of sp³-hybridized carbons (Fsp3) is 0.125. The standard InChI is InChI=1S/C16H14N8/c1-18-14-7-21-23(10-14)15-3-11(13-6-19-22(2)8-13)9-24-16(15)12(4-17)5-20-24/h3,5-10,18H,1-2H3. The van der Waals surface area contributed by atoms with Gasteiger partial charge in [0, 0.05) is 37.6 Å². The molecule has 8 heteroatoms. The molecule has 1 N–H and O–H groups in total. The lowest BCUT2D eigenvalue weighted by atomic mass is 10.1. The van der Waals surface area contributed by atoms with Crippen LogP contribution >= 0.6 is 0 Å². The Labute approximate surface area is 137 Å². The van der Waals surface area contributed by atoms with Gasteiger partial charge in [-0.2, -0.15) is 20.6 Å². The van der Waals surface area contributed by atoms with E-state index in [-0.39, 0.29) is 0 Å². The van der Waals surface area contributed by atoms with Crippen LogP contribution in [0.15, 0.2) is 43.2 Å². The molecule has 0 atom stereocenters. The molecule has 0 amide bonds. The van der Waals surface area contributed by atoms with Crippen molar-refractivity contribution in [3.8, 4) is 22.9 Å². The third-order valence-corrected chi connectivity index (χ3v) is 3.87. The van der Waals surface area contributed by atoms with Crippen molar-refractivity contribution in [2.45, 2.75) is 0 Å². The minimum absolute atomic E-state index is 0.504. The molecular weight excluding hydrogens is 304 g/mol. The van der Waals surface area contributed by atoms with E-state index >= 15 is 0 Å². The van der Waals surface area contributed by atoms with Crippen molar-refractivity contribution in [2.75, 3.05) is 12.4 Å². The Morgan fingerprint density at radius 2 is 1.92 bits per heavy atom. The normalized spacial score (nSPS) is 10.9. The summed E-state index contributed by atoms with van der Waals surface area (Å²) < 4.78 is 5.19. The number of hydrogen-bond acceptors (Lipinski definition) is 5. The molecule has 0 unspecified atom stereocenters. The van der Waals surface area contributed by atoms with Gasteiger partial charge >= 0.3 is 0 Å². The summed E-state index contributed by atoms with van der Waals surface area (Å²) in [6.45, 7) is 0. The van der Waals surface area contributed by atoms with E-state index in [1.807, 2.05) is 38.8 Å². The second kappa shape index (κ2) is 5.24. The fourth-order valence-corrected chi connectivity index (χ4v) is 2.67. The Morgan fingerprint density at radius 3 is 2.58 bits per heavy atom. The van der Waals surface area contributed by atoms with E-state index in [0.29, 0.717) is 5.56 Å². The van der Waals surface area contributed by atoms with E-state index in [4.69, 9.17) is 0 Å². The highest BCUT2D eigenvalue weighted by atomic mass is 15.3. The first-order chi connectivity index (χ1) is 11.7. The molecule has 24 heavy (non-hydrogen) atoms. The maximum Gasteiger partial charge on any atom is 0.110 e. The summed E-state index contributed by atoms with van der Waals surface area (Å²) in [6.07, 6.45) is 10.8. The monoisotopic (exact) mass is 318 g/mol. The lowest BCUT2D eigenvalue weighted by Crippen LogP contribution is -2.01. The zero-order valence-electron chi connectivity index (χ0n) is 13.2. The van der Waals surface area contributed by atoms with Gasteiger partial charge in [0.25, 0.3) is 0 Å². The minimum Gasteiger partial charge on any atom is -0.386 e. The average Bonchev–Trinajstić information content (AvgIpc) is 3.32. The molecule has 118 valence electrons. The van der Waals surface area contributed by atoms with E-state index in [9.17, 15) is 5.26 Å². The number of hydrogen-bond donors (Lipinski definition) is 1. The third kappa shape index (κ3) is 2.11. The Bertz CT molecular complexity index is 1080. The molecule has 4 heterocycles. The van der Waals surface area contributed by atoms with Gasteiger partial charge in [0.1, 0.15) is 11.6 Å². The smallest absolute Gasteiger partial charge is 0.110 e. The molecular formula is C16H14N8. The van der Waals surface area contributed by atoms with Crippen molar-refractivity contribution in [3.63, 3.8) is 0 Å². The quantitative estimate of drug-likeness (QED) is 0.622. The van der Waals surface area contributed by atoms with Gasteiger partial charge in [-0.25, -0.2) is 9.20 Å². The highest BCUT2D eigenvalue weighted by Crippen LogP contribution is 2.27. The summed E-state index contributed by atoms with van der Waals surface area (Å²) in [7, 11) is 3.71. The molecule has 0 saturated carbocycles. The number of nitrogens with one attached hydrogen (secondary N) is 1. The lowest BCUT2D eigenvalue weighted by molar-refractivity contribution is 0.768. The van der Waals surface area contributed by atoms with E-state index in [0.717, 1.165) is 28.0 Å². The summed E-state index contributed by atoms with van der Waals surface area (Å²) in [4.78, 5) is 0. The number of nitriles is 1. The van der Waals surface area contributed by atoms with Crippen LogP contribution in [0.1, 0.15) is 5.56 Å². The number of nitrogens with zero attached hydrogens (tertiary/aromatic N) is 7. The molecule has 0 spiro atoms. The lowest BCUT2D eigenvalue weighted by Gasteiger charge is -2.08. The van der Waals surface area contributed by atoms with E-state index in [1.165, 1.54) is 0 Å². The number of aryl methyl sites for hydroxylation is 1. The third-order valence-electron chi connectivity index (χ3n) is 3.87. The Hall–Kier alpha value is -3.60. The van der Waals surface area contributed by atoms with Crippen LogP contribution in [0.4, 0.5) is 5.69 Å². The molecule has 0 aromatic carbocycles. The SMILES string of the molecule is CNc1cnn(-c2cc(-c3cnn(C)c3)cn3ncc(C#N)c23)c1. The molecule has 4 rings (SSSR count). The molecule has 0 saturated heterocycles. The number of anilines is 1. The molecule has 0 aliphatic rings. The molecule has 0 fully saturated rings. The van der Waals surface area contributed by atoms with Crippen LogP contribution in [0.3, 0.4) is 0 Å². The topological polar surface area (TPSA) is 88.8 Å². The number of pyridine rings is 1. The van der Waals surface area contributed by atoms with E-state index in [2.05, 4.69) is 26.7 Å². The van der Waals surface area contributed by atoms with Crippen molar-refractivity contribution >= 4 is 11.2 Å². The molecule has 0 radical (unpaired) electrons. The number of aromatic nitrogens is 6. The van der Waals surface area contributed by atoms with Gasteiger partial charge in [-0.1, -0.05) is 0 Å². The van der Waals surface area contributed by atoms with Gasteiger partial charge in [-0.3, -0.25) is 4.68 Å². The van der Waals surface area contributed by atoms with Gasteiger partial charge in [0.2, 0.25) is 0 Å². The largest absolute Gasteiger partial charge is 0.386 e. The fourth-order valence-electron chi connectivity index (χ4n) is 2.67. The summed E-state index contributed by atoms with van der Waals surface area (Å²) in [6, 6.07) is 4.18. The molecule has 0 aliphatic heterocycles. The number of fused-ring (bicyclic) bond motifs is 1. The van der Waals surface area contributed by atoms with E-state index in [1.54, 1.807) is 32.5 Å². The summed E-state index contributed by atoms with van der Waals surface area (Å²) >= 11 is 0. The Balaban J connectivity index is 2.00. The highest BCUT2D eigenvalue weighted by Gasteiger charge is 2.15. The summed E-state index contributed by atoms with van der Waals surface area (Å²) in [5.74, 6) is 0. The van der Waals surface area contributed by atoms with Crippen LogP contribution in [0, 0.1) is 11.3 Å². The summed E-state index contributed by atoms with van der Waals surface area (Å²) in [5, 5.41) is 25.3. The average molecular weight is 318 g/mol. The molecule has 0 bridgehead atoms. The van der Waals surface area contributed by atoms with Crippen LogP contribution in [0.2, 0.25) is 0 Å². The van der Waals surface area contributed by atoms with Gasteiger partial charge in [-0.15, -0.1) is 0 Å². The van der Waals surface area contributed by atoms with Gasteiger partial charge < -0.3 is 5.32 Å². The predicted molar refractivity (Wildman–Crippen MR) is 88.8 cm³/mol. The number of rotatable bonds is 3. The Kier molecular flexibility index (Phi) is 3.06. The van der Waals surface area contributed by atoms with Crippen molar-refractivity contribution in [2.24, 2.45) is 7.05 Å². The van der Waals surface area contributed by atoms with Gasteiger partial charge in [0.05, 0.1) is 41.7 Å². The van der Waals surface area contributed by atoms with Crippen molar-refractivity contribution < 1.29 is 0 Å². The van der Waals surface area contributed by atoms with Crippen LogP contribution in [-0.4, -0.2) is 36.2 Å². The van der Waals surface area contributed by atoms with Crippen LogP contribution in [0.25, 0.3) is 22.3 Å². The van der Waals surface area contributed by atoms with Crippen LogP contribution in [-0.2, 0) is 7.05 Å². The molecule has 4 aromatic rings. The zero-order valence-corrected chi connectivity index (χ0v) is 13.2. The van der Waals surface area contributed by atoms with Crippen molar-refractivity contribution in [3.05, 3.63) is 48.8 Å². The first-order valence-corrected chi connectivity index (χ1v) is 7.33. The van der Waals surface area contributed by atoms with Crippen molar-refractivity contribution in [1.82, 2.24) is 29.2 Å². The Morgan fingerprint density at radius 1 is 1.04 bits per heavy atom.